The Hall–Kier alpha value is -0.760. The first-order valence-electron chi connectivity index (χ1n) is 6.35. The highest BCUT2D eigenvalue weighted by Crippen LogP contribution is 2.24. The van der Waals surface area contributed by atoms with Crippen molar-refractivity contribution in [1.82, 2.24) is 9.21 Å². The molecule has 0 unspecified atom stereocenters. The van der Waals surface area contributed by atoms with Gasteiger partial charge in [-0.1, -0.05) is 0 Å². The van der Waals surface area contributed by atoms with Crippen molar-refractivity contribution < 1.29 is 17.2 Å². The summed E-state index contributed by atoms with van der Waals surface area (Å²) < 4.78 is 53.2. The number of rotatable bonds is 7. The molecule has 0 saturated carbocycles. The Morgan fingerprint density at radius 1 is 1.14 bits per heavy atom. The molecule has 0 bridgehead atoms. The largest absolute Gasteiger partial charge is 0.309 e. The van der Waals surface area contributed by atoms with E-state index in [-0.39, 0.29) is 6.54 Å². The summed E-state index contributed by atoms with van der Waals surface area (Å²) >= 11 is 5.46. The monoisotopic (exact) mass is 340 g/mol. The molecule has 0 aromatic heterocycles. The van der Waals surface area contributed by atoms with E-state index in [0.29, 0.717) is 13.0 Å². The molecule has 1 aromatic carbocycles. The highest BCUT2D eigenvalue weighted by Gasteiger charge is 2.27. The van der Waals surface area contributed by atoms with Crippen LogP contribution in [0.15, 0.2) is 17.0 Å². The molecule has 0 spiro atoms. The molecule has 8 heteroatoms. The summed E-state index contributed by atoms with van der Waals surface area (Å²) in [6.45, 7) is 0.951. The molecule has 21 heavy (non-hydrogen) atoms. The first-order chi connectivity index (χ1) is 9.71. The number of alkyl halides is 1. The molecule has 0 aliphatic carbocycles. The molecule has 1 aromatic rings. The number of hydrogen-bond acceptors (Lipinski definition) is 3. The van der Waals surface area contributed by atoms with Crippen LogP contribution in [0.5, 0.6) is 0 Å². The number of hydrogen-bond donors (Lipinski definition) is 0. The summed E-state index contributed by atoms with van der Waals surface area (Å²) in [5.41, 5.74) is -0.431. The molecular formula is C13H19ClF2N2O2S. The van der Waals surface area contributed by atoms with E-state index in [0.717, 1.165) is 16.4 Å². The molecule has 1 rings (SSSR count). The number of sulfonamides is 1. The molecule has 0 heterocycles. The van der Waals surface area contributed by atoms with E-state index in [1.54, 1.807) is 0 Å². The molecule has 120 valence electrons. The third-order valence-electron chi connectivity index (χ3n) is 3.05. The molecule has 0 saturated heterocycles. The van der Waals surface area contributed by atoms with Gasteiger partial charge in [0.05, 0.1) is 5.88 Å². The Morgan fingerprint density at radius 3 is 2.29 bits per heavy atom. The lowest BCUT2D eigenvalue weighted by Crippen LogP contribution is -2.30. The average Bonchev–Trinajstić information content (AvgIpc) is 2.38. The minimum atomic E-state index is -4.00. The lowest BCUT2D eigenvalue weighted by atomic mass is 10.2. The maximum absolute atomic E-state index is 14.1. The smallest absolute Gasteiger partial charge is 0.245 e. The van der Waals surface area contributed by atoms with Crippen molar-refractivity contribution in [2.45, 2.75) is 17.2 Å². The Labute approximate surface area is 129 Å². The predicted octanol–water partition coefficient (Wildman–Crippen LogP) is 2.28. The van der Waals surface area contributed by atoms with Crippen LogP contribution in [0.25, 0.3) is 0 Å². The SMILES string of the molecule is CN(C)CCCN(C)S(=O)(=O)c1ccc(F)c(CCl)c1F. The fraction of sp³-hybridized carbons (Fsp3) is 0.538. The van der Waals surface area contributed by atoms with Gasteiger partial charge in [-0.2, -0.15) is 0 Å². The zero-order valence-corrected chi connectivity index (χ0v) is 13.8. The average molecular weight is 341 g/mol. The van der Waals surface area contributed by atoms with Crippen molar-refractivity contribution in [3.05, 3.63) is 29.3 Å². The molecule has 0 radical (unpaired) electrons. The van der Waals surface area contributed by atoms with Gasteiger partial charge in [-0.15, -0.1) is 11.6 Å². The lowest BCUT2D eigenvalue weighted by Gasteiger charge is -2.19. The molecule has 0 aliphatic heterocycles. The molecule has 0 amide bonds. The Morgan fingerprint density at radius 2 is 1.76 bits per heavy atom. The normalized spacial score (nSPS) is 12.4. The minimum absolute atomic E-state index is 0.244. The van der Waals surface area contributed by atoms with E-state index >= 15 is 0 Å². The third-order valence-corrected chi connectivity index (χ3v) is 5.19. The summed E-state index contributed by atoms with van der Waals surface area (Å²) in [7, 11) is 1.12. The fourth-order valence-corrected chi connectivity index (χ4v) is 3.34. The Kier molecular flexibility index (Phi) is 6.52. The predicted molar refractivity (Wildman–Crippen MR) is 78.9 cm³/mol. The van der Waals surface area contributed by atoms with Gasteiger partial charge in [-0.05, 0) is 39.2 Å². The second-order valence-corrected chi connectivity index (χ2v) is 7.24. The maximum Gasteiger partial charge on any atom is 0.245 e. The summed E-state index contributed by atoms with van der Waals surface area (Å²) in [5, 5.41) is 0. The number of benzene rings is 1. The standard InChI is InChI=1S/C13H19ClF2N2O2S/c1-17(2)7-4-8-18(3)21(19,20)12-6-5-11(15)10(9-14)13(12)16/h5-6H,4,7-9H2,1-3H3. The van der Waals surface area contributed by atoms with Crippen LogP contribution in [0.1, 0.15) is 12.0 Å². The highest BCUT2D eigenvalue weighted by atomic mass is 35.5. The Balaban J connectivity index is 3.03. The molecule has 0 N–H and O–H groups in total. The van der Waals surface area contributed by atoms with Crippen molar-refractivity contribution in [3.63, 3.8) is 0 Å². The summed E-state index contributed by atoms with van der Waals surface area (Å²) in [5.74, 6) is -2.40. The van der Waals surface area contributed by atoms with Gasteiger partial charge in [0.2, 0.25) is 10.0 Å². The summed E-state index contributed by atoms with van der Waals surface area (Å²) in [4.78, 5) is 1.37. The second-order valence-electron chi connectivity index (χ2n) is 4.96. The van der Waals surface area contributed by atoms with Crippen LogP contribution in [-0.4, -0.2) is 51.9 Å². The topological polar surface area (TPSA) is 40.6 Å². The zero-order valence-electron chi connectivity index (χ0n) is 12.2. The van der Waals surface area contributed by atoms with Gasteiger partial charge in [0, 0.05) is 19.2 Å². The van der Waals surface area contributed by atoms with Gasteiger partial charge in [0.25, 0.3) is 0 Å². The number of nitrogens with zero attached hydrogens (tertiary/aromatic N) is 2. The van der Waals surface area contributed by atoms with Gasteiger partial charge < -0.3 is 4.90 Å². The summed E-state index contributed by atoms with van der Waals surface area (Å²) in [6.07, 6.45) is 0.605. The third kappa shape index (κ3) is 4.35. The van der Waals surface area contributed by atoms with E-state index < -0.39 is 38.0 Å². The first kappa shape index (κ1) is 18.3. The number of halogens is 3. The molecule has 0 fully saturated rings. The van der Waals surface area contributed by atoms with Crippen LogP contribution in [0.3, 0.4) is 0 Å². The van der Waals surface area contributed by atoms with Gasteiger partial charge in [-0.25, -0.2) is 21.5 Å². The summed E-state index contributed by atoms with van der Waals surface area (Å²) in [6, 6.07) is 1.85. The van der Waals surface area contributed by atoms with Crippen LogP contribution in [0.2, 0.25) is 0 Å². The van der Waals surface area contributed by atoms with Crippen molar-refractivity contribution in [2.24, 2.45) is 0 Å². The van der Waals surface area contributed by atoms with Crippen LogP contribution >= 0.6 is 11.6 Å². The second kappa shape index (κ2) is 7.49. The van der Waals surface area contributed by atoms with Crippen molar-refractivity contribution in [2.75, 3.05) is 34.2 Å². The Bertz CT molecular complexity index is 594. The lowest BCUT2D eigenvalue weighted by molar-refractivity contribution is 0.369. The van der Waals surface area contributed by atoms with Crippen molar-refractivity contribution in [1.29, 1.82) is 0 Å². The van der Waals surface area contributed by atoms with Crippen molar-refractivity contribution >= 4 is 21.6 Å². The van der Waals surface area contributed by atoms with Gasteiger partial charge >= 0.3 is 0 Å². The first-order valence-corrected chi connectivity index (χ1v) is 8.33. The van der Waals surface area contributed by atoms with Crippen LogP contribution in [0, 0.1) is 11.6 Å². The van der Waals surface area contributed by atoms with E-state index in [1.165, 1.54) is 7.05 Å². The molecule has 0 aliphatic rings. The van der Waals surface area contributed by atoms with Crippen molar-refractivity contribution in [3.8, 4) is 0 Å². The fourth-order valence-electron chi connectivity index (χ4n) is 1.80. The van der Waals surface area contributed by atoms with Gasteiger partial charge in [0.15, 0.2) is 5.82 Å². The quantitative estimate of drug-likeness (QED) is 0.715. The van der Waals surface area contributed by atoms with Gasteiger partial charge in [-0.3, -0.25) is 0 Å². The van der Waals surface area contributed by atoms with Gasteiger partial charge in [0.1, 0.15) is 10.7 Å². The molecular weight excluding hydrogens is 322 g/mol. The highest BCUT2D eigenvalue weighted by molar-refractivity contribution is 7.89. The zero-order chi connectivity index (χ0) is 16.2. The molecule has 0 atom stereocenters. The van der Waals surface area contributed by atoms with Crippen LogP contribution in [-0.2, 0) is 15.9 Å². The van der Waals surface area contributed by atoms with Crippen LogP contribution in [0.4, 0.5) is 8.78 Å². The minimum Gasteiger partial charge on any atom is -0.309 e. The van der Waals surface area contributed by atoms with Crippen LogP contribution < -0.4 is 0 Å². The van der Waals surface area contributed by atoms with E-state index in [1.807, 2.05) is 19.0 Å². The van der Waals surface area contributed by atoms with E-state index in [4.69, 9.17) is 11.6 Å². The molecule has 4 nitrogen and oxygen atoms in total. The van der Waals surface area contributed by atoms with E-state index in [2.05, 4.69) is 0 Å². The van der Waals surface area contributed by atoms with E-state index in [9.17, 15) is 17.2 Å². The maximum atomic E-state index is 14.1.